The van der Waals surface area contributed by atoms with Crippen LogP contribution < -0.4 is 0 Å². The van der Waals surface area contributed by atoms with Gasteiger partial charge in [0, 0.05) is 0 Å². The predicted molar refractivity (Wildman–Crippen MR) is 237 cm³/mol. The number of hydrogen-bond acceptors (Lipinski definition) is 0. The van der Waals surface area contributed by atoms with Crippen molar-refractivity contribution < 1.29 is 0 Å². The van der Waals surface area contributed by atoms with Gasteiger partial charge in [-0.15, -0.1) is 0 Å². The highest BCUT2D eigenvalue weighted by atomic mass is 28.3. The Labute approximate surface area is 322 Å². The highest BCUT2D eigenvalue weighted by Gasteiger charge is 2.25. The molecule has 0 amide bonds. The Morgan fingerprint density at radius 1 is 0.180 bits per heavy atom. The Morgan fingerprint density at radius 2 is 0.300 bits per heavy atom. The zero-order valence-electron chi connectivity index (χ0n) is 36.3. The van der Waals surface area contributed by atoms with E-state index in [1.165, 1.54) is 250 Å². The van der Waals surface area contributed by atoms with Crippen LogP contribution in [0.15, 0.2) is 0 Å². The van der Waals surface area contributed by atoms with Crippen molar-refractivity contribution in [2.45, 2.75) is 315 Å². The van der Waals surface area contributed by atoms with Gasteiger partial charge in [-0.3, -0.25) is 0 Å². The fourth-order valence-electron chi connectivity index (χ4n) is 8.61. The number of unbranched alkanes of at least 4 members (excludes halogenated alkanes) is 39. The molecule has 0 aliphatic heterocycles. The van der Waals surface area contributed by atoms with Gasteiger partial charge >= 0.3 is 0 Å². The Balaban J connectivity index is 4.07. The molecule has 0 saturated carbocycles. The van der Waals surface area contributed by atoms with Crippen molar-refractivity contribution in [3.63, 3.8) is 0 Å². The Kier molecular flexibility index (Phi) is 43.8. The maximum atomic E-state index is 2.83. The molecule has 0 heterocycles. The fourth-order valence-corrected chi connectivity index (χ4v) is 12.7. The molecule has 0 aliphatic rings. The summed E-state index contributed by atoms with van der Waals surface area (Å²) in [7, 11) is -1.06. The Morgan fingerprint density at radius 3 is 0.440 bits per heavy atom. The van der Waals surface area contributed by atoms with Crippen LogP contribution in [0.2, 0.25) is 24.7 Å². The van der Waals surface area contributed by atoms with Crippen LogP contribution >= 0.6 is 0 Å². The quantitative estimate of drug-likeness (QED) is 0.0434. The standard InChI is InChI=1S/C49H102Si/c1-5-8-11-14-17-20-23-26-29-32-35-38-41-44-47-50(4,48-45-42-39-36-33-30-27-24-21-18-15-12-9-6-2)49-46-43-40-37-34-31-28-25-22-19-16-13-10-7-3/h5-49H2,1-4H3. The Hall–Kier alpha value is 0.217. The molecule has 0 nitrogen and oxygen atoms in total. The summed E-state index contributed by atoms with van der Waals surface area (Å²) in [4.78, 5) is 0. The molecule has 0 N–H and O–H groups in total. The van der Waals surface area contributed by atoms with Crippen molar-refractivity contribution in [3.05, 3.63) is 0 Å². The largest absolute Gasteiger partial charge is 0.0691 e. The minimum Gasteiger partial charge on any atom is -0.0691 e. The van der Waals surface area contributed by atoms with Gasteiger partial charge in [0.2, 0.25) is 0 Å². The summed E-state index contributed by atoms with van der Waals surface area (Å²) in [5, 5.41) is 0. The monoisotopic (exact) mass is 719 g/mol. The summed E-state index contributed by atoms with van der Waals surface area (Å²) in [6.45, 7) is 9.80. The van der Waals surface area contributed by atoms with Crippen LogP contribution in [0.25, 0.3) is 0 Å². The van der Waals surface area contributed by atoms with Gasteiger partial charge in [-0.25, -0.2) is 0 Å². The molecular weight excluding hydrogens is 617 g/mol. The van der Waals surface area contributed by atoms with E-state index in [9.17, 15) is 0 Å². The van der Waals surface area contributed by atoms with Crippen molar-refractivity contribution in [2.75, 3.05) is 0 Å². The highest BCUT2D eigenvalue weighted by Crippen LogP contribution is 2.30. The molecule has 50 heavy (non-hydrogen) atoms. The van der Waals surface area contributed by atoms with Crippen molar-refractivity contribution >= 4 is 8.07 Å². The van der Waals surface area contributed by atoms with Gasteiger partial charge < -0.3 is 0 Å². The van der Waals surface area contributed by atoms with Crippen molar-refractivity contribution in [1.29, 1.82) is 0 Å². The van der Waals surface area contributed by atoms with Gasteiger partial charge in [-0.2, -0.15) is 0 Å². The third kappa shape index (κ3) is 41.0. The Bertz CT molecular complexity index is 505. The van der Waals surface area contributed by atoms with Crippen LogP contribution in [-0.2, 0) is 0 Å². The van der Waals surface area contributed by atoms with E-state index in [1.807, 2.05) is 0 Å². The minimum atomic E-state index is -1.06. The molecule has 0 spiro atoms. The first kappa shape index (κ1) is 50.2. The van der Waals surface area contributed by atoms with Gasteiger partial charge in [-0.1, -0.05) is 315 Å². The van der Waals surface area contributed by atoms with E-state index >= 15 is 0 Å². The average molecular weight is 719 g/mol. The summed E-state index contributed by atoms with van der Waals surface area (Å²) in [6, 6.07) is 4.92. The number of hydrogen-bond donors (Lipinski definition) is 0. The molecule has 0 atom stereocenters. The molecule has 0 bridgehead atoms. The fraction of sp³-hybridized carbons (Fsp3) is 1.00. The molecule has 0 radical (unpaired) electrons. The first-order chi connectivity index (χ1) is 24.7. The summed E-state index contributed by atoms with van der Waals surface area (Å²) in [5.41, 5.74) is 0. The molecular formula is C49H102Si. The molecule has 1 heteroatoms. The van der Waals surface area contributed by atoms with Crippen molar-refractivity contribution in [1.82, 2.24) is 0 Å². The molecule has 0 aromatic carbocycles. The second kappa shape index (κ2) is 43.6. The maximum absolute atomic E-state index is 2.83. The highest BCUT2D eigenvalue weighted by molar-refractivity contribution is 6.78. The lowest BCUT2D eigenvalue weighted by molar-refractivity contribution is 0.535. The van der Waals surface area contributed by atoms with Gasteiger partial charge in [0.25, 0.3) is 0 Å². The molecule has 0 saturated heterocycles. The van der Waals surface area contributed by atoms with Crippen LogP contribution in [0.1, 0.15) is 290 Å². The minimum absolute atomic E-state index is 1.06. The van der Waals surface area contributed by atoms with Crippen LogP contribution in [0.3, 0.4) is 0 Å². The normalized spacial score (nSPS) is 12.0. The lowest BCUT2D eigenvalue weighted by atomic mass is 10.0. The maximum Gasteiger partial charge on any atom is 0.0504 e. The van der Waals surface area contributed by atoms with Gasteiger partial charge in [0.05, 0.1) is 8.07 Å². The van der Waals surface area contributed by atoms with Gasteiger partial charge in [0.1, 0.15) is 0 Å². The smallest absolute Gasteiger partial charge is 0.0504 e. The molecule has 0 unspecified atom stereocenters. The third-order valence-corrected chi connectivity index (χ3v) is 17.1. The summed E-state index contributed by atoms with van der Waals surface area (Å²) in [5.74, 6) is 0. The van der Waals surface area contributed by atoms with Crippen LogP contribution in [0.5, 0.6) is 0 Å². The zero-order chi connectivity index (χ0) is 36.3. The van der Waals surface area contributed by atoms with Crippen LogP contribution in [0.4, 0.5) is 0 Å². The second-order valence-corrected chi connectivity index (χ2v) is 23.0. The van der Waals surface area contributed by atoms with Crippen LogP contribution in [0, 0.1) is 0 Å². The molecule has 0 fully saturated rings. The third-order valence-electron chi connectivity index (χ3n) is 12.4. The van der Waals surface area contributed by atoms with Crippen LogP contribution in [-0.4, -0.2) is 8.07 Å². The SMILES string of the molecule is CCCCCCCCCCCCCCCC[Si](C)(CCCCCCCCCCCCCCCC)CCCCCCCCCCCCCCCC. The predicted octanol–water partition coefficient (Wildman–Crippen LogP) is 19.5. The summed E-state index contributed by atoms with van der Waals surface area (Å²) < 4.78 is 0. The first-order valence-corrected chi connectivity index (χ1v) is 27.8. The van der Waals surface area contributed by atoms with E-state index in [1.54, 1.807) is 37.4 Å². The lowest BCUT2D eigenvalue weighted by Crippen LogP contribution is -2.29. The van der Waals surface area contributed by atoms with E-state index in [0.717, 1.165) is 0 Å². The second-order valence-electron chi connectivity index (χ2n) is 17.8. The van der Waals surface area contributed by atoms with E-state index in [0.29, 0.717) is 0 Å². The van der Waals surface area contributed by atoms with Crippen molar-refractivity contribution in [2.24, 2.45) is 0 Å². The van der Waals surface area contributed by atoms with Crippen molar-refractivity contribution in [3.8, 4) is 0 Å². The first-order valence-electron chi connectivity index (χ1n) is 24.7. The summed E-state index contributed by atoms with van der Waals surface area (Å²) >= 11 is 0. The zero-order valence-corrected chi connectivity index (χ0v) is 37.3. The summed E-state index contributed by atoms with van der Waals surface area (Å²) in [6.07, 6.45) is 62.5. The topological polar surface area (TPSA) is 0 Å². The lowest BCUT2D eigenvalue weighted by Gasteiger charge is -2.28. The molecule has 0 aromatic heterocycles. The van der Waals surface area contributed by atoms with E-state index in [2.05, 4.69) is 27.3 Å². The molecule has 0 rings (SSSR count). The van der Waals surface area contributed by atoms with Gasteiger partial charge in [0.15, 0.2) is 0 Å². The van der Waals surface area contributed by atoms with E-state index in [-0.39, 0.29) is 0 Å². The average Bonchev–Trinajstić information content (AvgIpc) is 3.12. The van der Waals surface area contributed by atoms with E-state index in [4.69, 9.17) is 0 Å². The van der Waals surface area contributed by atoms with Gasteiger partial charge in [-0.05, 0) is 0 Å². The molecule has 0 aromatic rings. The molecule has 302 valence electrons. The molecule has 0 aliphatic carbocycles. The van der Waals surface area contributed by atoms with E-state index < -0.39 is 8.07 Å². The number of rotatable bonds is 45.